The third kappa shape index (κ3) is 3.92. The first-order chi connectivity index (χ1) is 9.20. The quantitative estimate of drug-likeness (QED) is 0.527. The van der Waals surface area contributed by atoms with Gasteiger partial charge in [0.2, 0.25) is 8.32 Å². The number of allylic oxidation sites excluding steroid dienone is 3. The van der Waals surface area contributed by atoms with Crippen molar-refractivity contribution >= 4 is 16.4 Å². The van der Waals surface area contributed by atoms with Crippen molar-refractivity contribution in [2.24, 2.45) is 0 Å². The summed E-state index contributed by atoms with van der Waals surface area (Å²) in [6.45, 7) is 23.8. The van der Waals surface area contributed by atoms with Gasteiger partial charge in [-0.05, 0) is 47.3 Å². The minimum atomic E-state index is -1.76. The van der Waals surface area contributed by atoms with Crippen molar-refractivity contribution in [3.63, 3.8) is 0 Å². The molecule has 0 N–H and O–H groups in total. The first-order valence-electron chi connectivity index (χ1n) is 8.30. The highest BCUT2D eigenvalue weighted by Gasteiger charge is 2.44. The number of hydrogen-bond acceptors (Lipinski definition) is 1. The van der Waals surface area contributed by atoms with Crippen LogP contribution >= 0.6 is 0 Å². The molecule has 0 aromatic carbocycles. The van der Waals surface area contributed by atoms with Crippen LogP contribution in [0.5, 0.6) is 0 Å². The van der Waals surface area contributed by atoms with Crippen LogP contribution in [-0.2, 0) is 4.43 Å². The largest absolute Gasteiger partial charge is 0.544 e. The van der Waals surface area contributed by atoms with E-state index in [1.165, 1.54) is 12.2 Å². The smallest absolute Gasteiger partial charge is 0.250 e. The highest BCUT2D eigenvalue weighted by atomic mass is 28.4. The lowest BCUT2D eigenvalue weighted by molar-refractivity contribution is 0.392. The van der Waals surface area contributed by atoms with Gasteiger partial charge in [0.15, 0.2) is 0 Å². The van der Waals surface area contributed by atoms with E-state index in [0.717, 1.165) is 6.42 Å². The molecular formula is C18H36OSi2. The van der Waals surface area contributed by atoms with Gasteiger partial charge in [-0.25, -0.2) is 0 Å². The molecule has 3 heteroatoms. The topological polar surface area (TPSA) is 9.23 Å². The van der Waals surface area contributed by atoms with E-state index in [0.29, 0.717) is 5.04 Å². The van der Waals surface area contributed by atoms with E-state index >= 15 is 0 Å². The fourth-order valence-corrected chi connectivity index (χ4v) is 5.53. The summed E-state index contributed by atoms with van der Waals surface area (Å²) >= 11 is 0. The van der Waals surface area contributed by atoms with Crippen molar-refractivity contribution in [1.82, 2.24) is 0 Å². The van der Waals surface area contributed by atoms with Crippen LogP contribution in [0, 0.1) is 0 Å². The fourth-order valence-electron chi connectivity index (χ4n) is 2.14. The second kappa shape index (κ2) is 5.73. The number of rotatable bonds is 3. The molecule has 1 rings (SSSR count). The molecule has 122 valence electrons. The molecule has 0 saturated heterocycles. The van der Waals surface area contributed by atoms with Crippen LogP contribution in [0.2, 0.25) is 36.3 Å². The molecule has 0 unspecified atom stereocenters. The minimum absolute atomic E-state index is 0.254. The average Bonchev–Trinajstić information content (AvgIpc) is 2.25. The zero-order valence-corrected chi connectivity index (χ0v) is 18.0. The van der Waals surface area contributed by atoms with Crippen molar-refractivity contribution in [2.45, 2.75) is 90.6 Å². The molecule has 0 atom stereocenters. The summed E-state index contributed by atoms with van der Waals surface area (Å²) < 4.78 is 6.70. The average molecular weight is 325 g/mol. The van der Waals surface area contributed by atoms with Gasteiger partial charge in [-0.1, -0.05) is 60.7 Å². The Bertz CT molecular complexity index is 443. The van der Waals surface area contributed by atoms with E-state index in [1.54, 1.807) is 5.20 Å². The molecule has 21 heavy (non-hydrogen) atoms. The monoisotopic (exact) mass is 324 g/mol. The molecule has 0 amide bonds. The highest BCUT2D eigenvalue weighted by molar-refractivity contribution is 6.87. The van der Waals surface area contributed by atoms with Crippen LogP contribution in [0.25, 0.3) is 0 Å². The lowest BCUT2D eigenvalue weighted by Crippen LogP contribution is -2.45. The summed E-state index contributed by atoms with van der Waals surface area (Å²) in [5.74, 6) is 1.22. The Labute approximate surface area is 135 Å². The summed E-state index contributed by atoms with van der Waals surface area (Å²) in [6.07, 6.45) is 7.13. The predicted octanol–water partition coefficient (Wildman–Crippen LogP) is 6.66. The Morgan fingerprint density at radius 3 is 1.71 bits per heavy atom. The molecule has 0 heterocycles. The summed E-state index contributed by atoms with van der Waals surface area (Å²) in [4.78, 5) is 0. The Hall–Kier alpha value is -0.286. The Balaban J connectivity index is 3.13. The van der Waals surface area contributed by atoms with Crippen LogP contribution in [0.1, 0.15) is 54.4 Å². The molecule has 1 nitrogen and oxygen atoms in total. The molecule has 1 aliphatic rings. The summed E-state index contributed by atoms with van der Waals surface area (Å²) in [7, 11) is -3.29. The first kappa shape index (κ1) is 18.8. The molecular weight excluding hydrogens is 288 g/mol. The molecule has 0 radical (unpaired) electrons. The van der Waals surface area contributed by atoms with Gasteiger partial charge >= 0.3 is 0 Å². The molecule has 0 saturated carbocycles. The van der Waals surface area contributed by atoms with Crippen molar-refractivity contribution in [2.75, 3.05) is 0 Å². The standard InChI is InChI=1S/C18H36OSi2/c1-17(2,3)20(7,8)16-14-12-11-13-15(16)19-21(9,10)18(4,5)6/h13-14H,11-12H2,1-10H3. The van der Waals surface area contributed by atoms with Gasteiger partial charge in [0.1, 0.15) is 0 Å². The Kier molecular flexibility index (Phi) is 5.12. The van der Waals surface area contributed by atoms with E-state index in [4.69, 9.17) is 4.43 Å². The van der Waals surface area contributed by atoms with Crippen LogP contribution < -0.4 is 0 Å². The van der Waals surface area contributed by atoms with Crippen LogP contribution in [0.4, 0.5) is 0 Å². The van der Waals surface area contributed by atoms with E-state index < -0.39 is 16.4 Å². The Morgan fingerprint density at radius 2 is 1.29 bits per heavy atom. The fraction of sp³-hybridized carbons (Fsp3) is 0.778. The van der Waals surface area contributed by atoms with Crippen LogP contribution in [0.3, 0.4) is 0 Å². The maximum Gasteiger partial charge on any atom is 0.250 e. The van der Waals surface area contributed by atoms with Crippen molar-refractivity contribution in [3.05, 3.63) is 23.1 Å². The molecule has 0 bridgehead atoms. The molecule has 1 aliphatic carbocycles. The SMILES string of the molecule is CC(C)(C)[Si](C)(C)OC1=CCCC=C1[Si](C)(C)C(C)(C)C. The molecule has 0 aliphatic heterocycles. The molecule has 0 spiro atoms. The second-order valence-electron chi connectivity index (χ2n) is 9.50. The second-order valence-corrected chi connectivity index (χ2v) is 19.5. The van der Waals surface area contributed by atoms with Crippen molar-refractivity contribution in [1.29, 1.82) is 0 Å². The third-order valence-electron chi connectivity index (χ3n) is 5.83. The maximum atomic E-state index is 6.70. The van der Waals surface area contributed by atoms with Gasteiger partial charge in [0.25, 0.3) is 0 Å². The van der Waals surface area contributed by atoms with Gasteiger partial charge in [-0.15, -0.1) is 0 Å². The van der Waals surface area contributed by atoms with Crippen molar-refractivity contribution in [3.8, 4) is 0 Å². The van der Waals surface area contributed by atoms with Crippen molar-refractivity contribution < 1.29 is 4.43 Å². The molecule has 0 aromatic heterocycles. The zero-order valence-electron chi connectivity index (χ0n) is 16.0. The number of hydrogen-bond donors (Lipinski definition) is 0. The van der Waals surface area contributed by atoms with Gasteiger partial charge in [-0.3, -0.25) is 0 Å². The zero-order chi connectivity index (χ0) is 16.7. The summed E-state index contributed by atoms with van der Waals surface area (Å²) in [5.41, 5.74) is 0. The Morgan fingerprint density at radius 1 is 0.810 bits per heavy atom. The lowest BCUT2D eigenvalue weighted by Gasteiger charge is -2.44. The third-order valence-corrected chi connectivity index (χ3v) is 15.7. The minimum Gasteiger partial charge on any atom is -0.544 e. The highest BCUT2D eigenvalue weighted by Crippen LogP contribution is 2.46. The first-order valence-corrected chi connectivity index (χ1v) is 14.2. The summed E-state index contributed by atoms with van der Waals surface area (Å²) in [5, 5.41) is 2.15. The molecule has 0 aromatic rings. The van der Waals surface area contributed by atoms with E-state index in [2.05, 4.69) is 79.9 Å². The van der Waals surface area contributed by atoms with E-state index in [-0.39, 0.29) is 5.04 Å². The van der Waals surface area contributed by atoms with E-state index in [9.17, 15) is 0 Å². The van der Waals surface area contributed by atoms with Gasteiger partial charge < -0.3 is 4.43 Å². The van der Waals surface area contributed by atoms with Gasteiger partial charge in [-0.2, -0.15) is 0 Å². The normalized spacial score (nSPS) is 18.2. The van der Waals surface area contributed by atoms with Crippen LogP contribution in [-0.4, -0.2) is 16.4 Å². The summed E-state index contributed by atoms with van der Waals surface area (Å²) in [6, 6.07) is 0. The van der Waals surface area contributed by atoms with Gasteiger partial charge in [0.05, 0.1) is 13.8 Å². The predicted molar refractivity (Wildman–Crippen MR) is 101 cm³/mol. The maximum absolute atomic E-state index is 6.70. The molecule has 0 fully saturated rings. The van der Waals surface area contributed by atoms with Gasteiger partial charge in [0, 0.05) is 0 Å². The van der Waals surface area contributed by atoms with E-state index in [1.807, 2.05) is 0 Å². The van der Waals surface area contributed by atoms with Crippen LogP contribution in [0.15, 0.2) is 23.1 Å². The lowest BCUT2D eigenvalue weighted by atomic mass is 10.2.